The molecule has 7 nitrogen and oxygen atoms in total. The number of benzene rings is 1. The predicted octanol–water partition coefficient (Wildman–Crippen LogP) is 3.37. The highest BCUT2D eigenvalue weighted by atomic mass is 19.4. The van der Waals surface area contributed by atoms with Crippen LogP contribution in [-0.2, 0) is 22.3 Å². The maximum Gasteiger partial charge on any atom is 0.416 e. The fourth-order valence-corrected chi connectivity index (χ4v) is 3.49. The summed E-state index contributed by atoms with van der Waals surface area (Å²) < 4.78 is 61.6. The number of nitrogens with one attached hydrogen (secondary N) is 3. The molecule has 0 aliphatic carbocycles. The third kappa shape index (κ3) is 5.59. The van der Waals surface area contributed by atoms with Gasteiger partial charge in [-0.3, -0.25) is 14.9 Å². The number of pyridine rings is 1. The van der Waals surface area contributed by atoms with Crippen molar-refractivity contribution >= 4 is 11.8 Å². The van der Waals surface area contributed by atoms with Crippen molar-refractivity contribution in [3.63, 3.8) is 0 Å². The molecule has 33 heavy (non-hydrogen) atoms. The van der Waals surface area contributed by atoms with Crippen molar-refractivity contribution in [2.45, 2.75) is 45.2 Å². The Hall–Kier alpha value is -3.21. The number of hydrogen-bond donors (Lipinski definition) is 3. The van der Waals surface area contributed by atoms with Crippen LogP contribution in [0.1, 0.15) is 54.7 Å². The van der Waals surface area contributed by atoms with Crippen molar-refractivity contribution in [2.24, 2.45) is 5.92 Å². The van der Waals surface area contributed by atoms with Crippen molar-refractivity contribution in [1.29, 1.82) is 0 Å². The zero-order valence-electron chi connectivity index (χ0n) is 18.2. The third-order valence-corrected chi connectivity index (χ3v) is 5.26. The normalized spacial score (nSPS) is 18.7. The van der Waals surface area contributed by atoms with Crippen molar-refractivity contribution < 1.29 is 31.9 Å². The van der Waals surface area contributed by atoms with Gasteiger partial charge in [0, 0.05) is 48.3 Å². The Kier molecular flexibility index (Phi) is 7.21. The molecule has 3 N–H and O–H groups in total. The number of nitrogens with zero attached hydrogens (tertiary/aromatic N) is 1. The summed E-state index contributed by atoms with van der Waals surface area (Å²) >= 11 is 0. The lowest BCUT2D eigenvalue weighted by molar-refractivity contribution is -0.139. The van der Waals surface area contributed by atoms with Gasteiger partial charge in [0.1, 0.15) is 12.0 Å². The average Bonchev–Trinajstić information content (AvgIpc) is 2.76. The Labute approximate surface area is 187 Å². The molecule has 1 aliphatic heterocycles. The molecule has 3 rings (SSSR count). The molecule has 1 aromatic heterocycles. The Morgan fingerprint density at radius 2 is 2.00 bits per heavy atom. The summed E-state index contributed by atoms with van der Waals surface area (Å²) in [6.45, 7) is 2.99. The maximum atomic E-state index is 15.4. The van der Waals surface area contributed by atoms with Gasteiger partial charge in [0.25, 0.3) is 0 Å². The first-order valence-corrected chi connectivity index (χ1v) is 10.2. The van der Waals surface area contributed by atoms with E-state index in [4.69, 9.17) is 4.74 Å². The van der Waals surface area contributed by atoms with Crippen LogP contribution >= 0.6 is 0 Å². The Bertz CT molecular complexity index is 1030. The van der Waals surface area contributed by atoms with Crippen LogP contribution in [-0.4, -0.2) is 23.9 Å². The average molecular weight is 468 g/mol. The quantitative estimate of drug-likeness (QED) is 0.566. The van der Waals surface area contributed by atoms with Gasteiger partial charge < -0.3 is 15.4 Å². The lowest BCUT2D eigenvalue weighted by Gasteiger charge is -2.33. The molecule has 0 spiro atoms. The second-order valence-corrected chi connectivity index (χ2v) is 7.93. The monoisotopic (exact) mass is 468 g/mol. The molecule has 1 aromatic carbocycles. The van der Waals surface area contributed by atoms with Crippen LogP contribution in [0.4, 0.5) is 17.6 Å². The first kappa shape index (κ1) is 24.4. The third-order valence-electron chi connectivity index (χ3n) is 5.26. The van der Waals surface area contributed by atoms with Gasteiger partial charge in [-0.25, -0.2) is 9.37 Å². The molecule has 1 aliphatic rings. The SMILES string of the molecule is COc1ccc(C2CC(=O)NC(c3c(C(F)(F)F)ccc(CNC(=O)C(C)C)c3F)N2)cn1. The van der Waals surface area contributed by atoms with Gasteiger partial charge in [-0.2, -0.15) is 13.2 Å². The Balaban J connectivity index is 1.97. The molecule has 2 heterocycles. The molecule has 2 unspecified atom stereocenters. The largest absolute Gasteiger partial charge is 0.481 e. The van der Waals surface area contributed by atoms with E-state index >= 15 is 4.39 Å². The molecule has 178 valence electrons. The van der Waals surface area contributed by atoms with Gasteiger partial charge in [-0.05, 0) is 11.6 Å². The summed E-state index contributed by atoms with van der Waals surface area (Å²) in [4.78, 5) is 28.2. The van der Waals surface area contributed by atoms with E-state index in [0.29, 0.717) is 11.4 Å². The summed E-state index contributed by atoms with van der Waals surface area (Å²) in [5.41, 5.74) is -1.55. The lowest BCUT2D eigenvalue weighted by Crippen LogP contribution is -2.47. The van der Waals surface area contributed by atoms with Crippen LogP contribution in [0.5, 0.6) is 5.88 Å². The second-order valence-electron chi connectivity index (χ2n) is 7.93. The molecule has 2 aromatic rings. The number of ether oxygens (including phenoxy) is 1. The van der Waals surface area contributed by atoms with Crippen LogP contribution < -0.4 is 20.7 Å². The van der Waals surface area contributed by atoms with E-state index in [1.807, 2.05) is 0 Å². The molecule has 0 saturated carbocycles. The number of rotatable bonds is 6. The fraction of sp³-hybridized carbons (Fsp3) is 0.409. The topological polar surface area (TPSA) is 92.4 Å². The minimum Gasteiger partial charge on any atom is -0.481 e. The molecule has 0 bridgehead atoms. The number of alkyl halides is 3. The molecule has 0 radical (unpaired) electrons. The van der Waals surface area contributed by atoms with Crippen molar-refractivity contribution in [3.8, 4) is 5.88 Å². The number of aromatic nitrogens is 1. The van der Waals surface area contributed by atoms with Crippen LogP contribution in [0.2, 0.25) is 0 Å². The van der Waals surface area contributed by atoms with Crippen molar-refractivity contribution in [2.75, 3.05) is 7.11 Å². The maximum absolute atomic E-state index is 15.4. The zero-order valence-corrected chi connectivity index (χ0v) is 18.2. The molecular weight excluding hydrogens is 444 g/mol. The minimum atomic E-state index is -4.86. The van der Waals surface area contributed by atoms with Gasteiger partial charge in [-0.15, -0.1) is 0 Å². The lowest BCUT2D eigenvalue weighted by atomic mass is 9.95. The number of carbonyl (C=O) groups is 2. The first-order valence-electron chi connectivity index (χ1n) is 10.2. The van der Waals surface area contributed by atoms with E-state index in [-0.39, 0.29) is 30.4 Å². The van der Waals surface area contributed by atoms with Crippen LogP contribution in [0.15, 0.2) is 30.5 Å². The van der Waals surface area contributed by atoms with Crippen LogP contribution in [0.3, 0.4) is 0 Å². The number of amides is 2. The van der Waals surface area contributed by atoms with Gasteiger partial charge >= 0.3 is 6.18 Å². The predicted molar refractivity (Wildman–Crippen MR) is 110 cm³/mol. The summed E-state index contributed by atoms with van der Waals surface area (Å²) in [6.07, 6.45) is -4.95. The fourth-order valence-electron chi connectivity index (χ4n) is 3.49. The highest BCUT2D eigenvalue weighted by molar-refractivity contribution is 5.78. The Morgan fingerprint density at radius 3 is 2.58 bits per heavy atom. The van der Waals surface area contributed by atoms with E-state index in [1.54, 1.807) is 26.0 Å². The molecule has 1 saturated heterocycles. The van der Waals surface area contributed by atoms with Crippen molar-refractivity contribution in [1.82, 2.24) is 20.9 Å². The van der Waals surface area contributed by atoms with E-state index in [0.717, 1.165) is 12.1 Å². The van der Waals surface area contributed by atoms with E-state index < -0.39 is 41.2 Å². The van der Waals surface area contributed by atoms with Crippen LogP contribution in [0.25, 0.3) is 0 Å². The highest BCUT2D eigenvalue weighted by Gasteiger charge is 2.40. The van der Waals surface area contributed by atoms with Crippen LogP contribution in [0, 0.1) is 11.7 Å². The first-order chi connectivity index (χ1) is 15.5. The molecule has 2 atom stereocenters. The van der Waals surface area contributed by atoms with E-state index in [2.05, 4.69) is 20.9 Å². The van der Waals surface area contributed by atoms with Gasteiger partial charge in [-0.1, -0.05) is 26.0 Å². The summed E-state index contributed by atoms with van der Waals surface area (Å²) in [6, 6.07) is 4.21. The van der Waals surface area contributed by atoms with Gasteiger partial charge in [0.15, 0.2) is 0 Å². The second kappa shape index (κ2) is 9.74. The van der Waals surface area contributed by atoms with Gasteiger partial charge in [0.2, 0.25) is 17.7 Å². The number of hydrogen-bond acceptors (Lipinski definition) is 5. The summed E-state index contributed by atoms with van der Waals surface area (Å²) in [7, 11) is 1.43. The number of carbonyl (C=O) groups excluding carboxylic acids is 2. The zero-order chi connectivity index (χ0) is 24.3. The standard InChI is InChI=1S/C22H24F4N4O3/c1-11(2)21(32)28-10-13-4-6-14(22(24,25)26)18(19(13)23)20-29-15(8-16(31)30-20)12-5-7-17(33-3)27-9-12/h4-7,9,11,15,20,29H,8,10H2,1-3H3,(H,28,32)(H,30,31). The molecule has 11 heteroatoms. The van der Waals surface area contributed by atoms with Gasteiger partial charge in [0.05, 0.1) is 12.7 Å². The molecule has 2 amide bonds. The summed E-state index contributed by atoms with van der Waals surface area (Å²) in [5, 5.41) is 7.77. The summed E-state index contributed by atoms with van der Waals surface area (Å²) in [5.74, 6) is -2.12. The number of methoxy groups -OCH3 is 1. The van der Waals surface area contributed by atoms with E-state index in [1.165, 1.54) is 13.3 Å². The number of halogens is 4. The molecule has 1 fully saturated rings. The van der Waals surface area contributed by atoms with E-state index in [9.17, 15) is 22.8 Å². The molecular formula is C22H24F4N4O3. The highest BCUT2D eigenvalue weighted by Crippen LogP contribution is 2.38. The Morgan fingerprint density at radius 1 is 1.27 bits per heavy atom. The minimum absolute atomic E-state index is 0.0718. The smallest absolute Gasteiger partial charge is 0.416 e. The van der Waals surface area contributed by atoms with Crippen molar-refractivity contribution in [3.05, 3.63) is 58.5 Å².